The number of amides is 1. The molecule has 0 radical (unpaired) electrons. The number of carbonyl (C=O) groups is 3. The van der Waals surface area contributed by atoms with Crippen LogP contribution in [-0.4, -0.2) is 33.0 Å². The zero-order valence-corrected chi connectivity index (χ0v) is 19.2. The molecular formula is C23H23Cl2N3O5. The van der Waals surface area contributed by atoms with E-state index in [-0.39, 0.29) is 36.3 Å². The second kappa shape index (κ2) is 9.33. The van der Waals surface area contributed by atoms with Crippen molar-refractivity contribution in [2.45, 2.75) is 32.1 Å². The summed E-state index contributed by atoms with van der Waals surface area (Å²) in [6, 6.07) is 8.21. The summed E-state index contributed by atoms with van der Waals surface area (Å²) in [5, 5.41) is 23.1. The molecule has 0 saturated heterocycles. The van der Waals surface area contributed by atoms with Crippen LogP contribution >= 0.6 is 24.0 Å². The minimum atomic E-state index is -1.10. The van der Waals surface area contributed by atoms with Crippen molar-refractivity contribution in [1.29, 1.82) is 0 Å². The highest BCUT2D eigenvalue weighted by Gasteiger charge is 2.35. The number of rotatable bonds is 6. The molecule has 2 atom stereocenters. The third-order valence-electron chi connectivity index (χ3n) is 6.04. The predicted molar refractivity (Wildman–Crippen MR) is 129 cm³/mol. The Morgan fingerprint density at radius 3 is 2.64 bits per heavy atom. The highest BCUT2D eigenvalue weighted by molar-refractivity contribution is 6.31. The molecule has 0 fully saturated rings. The van der Waals surface area contributed by atoms with Gasteiger partial charge in [0.15, 0.2) is 0 Å². The van der Waals surface area contributed by atoms with Gasteiger partial charge in [-0.25, -0.2) is 4.79 Å². The fourth-order valence-electron chi connectivity index (χ4n) is 4.57. The number of aromatic amines is 1. The molecule has 6 N–H and O–H groups in total. The number of carboxylic acids is 2. The van der Waals surface area contributed by atoms with E-state index >= 15 is 0 Å². The van der Waals surface area contributed by atoms with Crippen LogP contribution in [0.2, 0.25) is 5.02 Å². The van der Waals surface area contributed by atoms with Crippen molar-refractivity contribution in [1.82, 2.24) is 4.98 Å². The fourth-order valence-corrected chi connectivity index (χ4v) is 4.81. The number of carboxylic acid groups (broad SMARTS) is 2. The lowest BCUT2D eigenvalue weighted by Crippen LogP contribution is -2.29. The lowest BCUT2D eigenvalue weighted by Gasteiger charge is -2.28. The largest absolute Gasteiger partial charge is 0.481 e. The third kappa shape index (κ3) is 4.62. The zero-order valence-electron chi connectivity index (χ0n) is 17.6. The van der Waals surface area contributed by atoms with E-state index < -0.39 is 17.9 Å². The minimum Gasteiger partial charge on any atom is -0.481 e. The molecule has 1 aliphatic carbocycles. The van der Waals surface area contributed by atoms with Gasteiger partial charge in [0.2, 0.25) is 5.91 Å². The van der Waals surface area contributed by atoms with Crippen LogP contribution in [0.1, 0.15) is 46.4 Å². The van der Waals surface area contributed by atoms with E-state index in [1.54, 1.807) is 25.1 Å². The Hall–Kier alpha value is -3.23. The molecule has 2 aromatic carbocycles. The van der Waals surface area contributed by atoms with Gasteiger partial charge < -0.3 is 26.2 Å². The molecule has 2 unspecified atom stereocenters. The van der Waals surface area contributed by atoms with Crippen molar-refractivity contribution >= 4 is 64.1 Å². The number of nitrogens with one attached hydrogen (secondary N) is 2. The summed E-state index contributed by atoms with van der Waals surface area (Å²) in [5.74, 6) is -3.36. The lowest BCUT2D eigenvalue weighted by atomic mass is 9.76. The van der Waals surface area contributed by atoms with E-state index in [1.165, 1.54) is 6.07 Å². The molecule has 0 spiro atoms. The molecule has 10 heteroatoms. The zero-order chi connectivity index (χ0) is 23.2. The first-order valence-electron chi connectivity index (χ1n) is 10.1. The molecule has 1 aliphatic rings. The number of benzene rings is 2. The standard InChI is InChI=1S/C23H22ClN3O5.ClH/c1-10(22(30)27-16-5-3-14(25)7-12(16)8-18(28)29)15-4-2-11-6-13(24)9-17-19(11)20(15)21(26-17)23(31)32;/h3,5-7,9-10,15,26H,2,4,8,25H2,1H3,(H,27,30)(H,28,29)(H,31,32);1H. The van der Waals surface area contributed by atoms with Crippen molar-refractivity contribution in [3.63, 3.8) is 0 Å². The van der Waals surface area contributed by atoms with Gasteiger partial charge in [-0.1, -0.05) is 18.5 Å². The number of carbonyl (C=O) groups excluding carboxylic acids is 1. The number of hydrogen-bond acceptors (Lipinski definition) is 4. The maximum atomic E-state index is 13.2. The smallest absolute Gasteiger partial charge is 0.352 e. The Morgan fingerprint density at radius 2 is 1.97 bits per heavy atom. The molecule has 33 heavy (non-hydrogen) atoms. The molecule has 1 aromatic heterocycles. The van der Waals surface area contributed by atoms with Crippen LogP contribution in [0.15, 0.2) is 30.3 Å². The van der Waals surface area contributed by atoms with E-state index in [0.29, 0.717) is 45.9 Å². The van der Waals surface area contributed by atoms with Crippen LogP contribution in [0.3, 0.4) is 0 Å². The topological polar surface area (TPSA) is 146 Å². The van der Waals surface area contributed by atoms with Crippen LogP contribution in [-0.2, 0) is 22.4 Å². The number of hydrogen-bond donors (Lipinski definition) is 5. The van der Waals surface area contributed by atoms with Gasteiger partial charge in [0.05, 0.1) is 6.42 Å². The summed E-state index contributed by atoms with van der Waals surface area (Å²) >= 11 is 6.19. The third-order valence-corrected chi connectivity index (χ3v) is 6.26. The molecule has 1 heterocycles. The Bertz CT molecular complexity index is 1270. The highest BCUT2D eigenvalue weighted by Crippen LogP contribution is 2.44. The number of aliphatic carboxylic acids is 1. The Balaban J connectivity index is 0.00000306. The summed E-state index contributed by atoms with van der Waals surface area (Å²) in [6.45, 7) is 1.75. The van der Waals surface area contributed by atoms with Crippen molar-refractivity contribution in [3.8, 4) is 0 Å². The number of H-pyrrole nitrogens is 1. The first-order valence-corrected chi connectivity index (χ1v) is 10.5. The van der Waals surface area contributed by atoms with E-state index in [4.69, 9.17) is 22.4 Å². The predicted octanol–water partition coefficient (Wildman–Crippen LogP) is 4.46. The maximum Gasteiger partial charge on any atom is 0.352 e. The van der Waals surface area contributed by atoms with Gasteiger partial charge in [0, 0.05) is 33.2 Å². The number of aromatic carboxylic acids is 1. The van der Waals surface area contributed by atoms with Crippen LogP contribution in [0.25, 0.3) is 10.9 Å². The maximum absolute atomic E-state index is 13.2. The van der Waals surface area contributed by atoms with Crippen LogP contribution in [0.4, 0.5) is 11.4 Å². The number of halogens is 2. The first-order chi connectivity index (χ1) is 15.2. The summed E-state index contributed by atoms with van der Waals surface area (Å²) in [6.07, 6.45) is 0.961. The molecule has 0 aliphatic heterocycles. The molecule has 174 valence electrons. The normalized spacial score (nSPS) is 15.5. The average molecular weight is 492 g/mol. The highest BCUT2D eigenvalue weighted by atomic mass is 35.5. The van der Waals surface area contributed by atoms with Gasteiger partial charge in [-0.15, -0.1) is 12.4 Å². The minimum absolute atomic E-state index is 0. The number of aryl methyl sites for hydroxylation is 1. The molecule has 1 amide bonds. The fraction of sp³-hybridized carbons (Fsp3) is 0.261. The van der Waals surface area contributed by atoms with Crippen molar-refractivity contribution < 1.29 is 24.6 Å². The number of nitrogens with two attached hydrogens (primary N) is 1. The van der Waals surface area contributed by atoms with Gasteiger partial charge in [0.25, 0.3) is 0 Å². The quantitative estimate of drug-likeness (QED) is 0.321. The summed E-state index contributed by atoms with van der Waals surface area (Å²) < 4.78 is 0. The molecular weight excluding hydrogens is 469 g/mol. The van der Waals surface area contributed by atoms with Crippen molar-refractivity contribution in [2.75, 3.05) is 11.1 Å². The van der Waals surface area contributed by atoms with Gasteiger partial charge in [-0.2, -0.15) is 0 Å². The van der Waals surface area contributed by atoms with Crippen molar-refractivity contribution in [3.05, 3.63) is 57.7 Å². The van der Waals surface area contributed by atoms with E-state index in [2.05, 4.69) is 10.3 Å². The monoisotopic (exact) mass is 491 g/mol. The van der Waals surface area contributed by atoms with E-state index in [9.17, 15) is 19.5 Å². The van der Waals surface area contributed by atoms with Crippen LogP contribution in [0.5, 0.6) is 0 Å². The summed E-state index contributed by atoms with van der Waals surface area (Å²) in [4.78, 5) is 39.2. The Morgan fingerprint density at radius 1 is 1.24 bits per heavy atom. The SMILES string of the molecule is CC(C(=O)Nc1ccc(N)cc1CC(=O)O)C1CCc2cc(Cl)cc3[nH]c(C(=O)O)c1c23.Cl. The molecule has 0 bridgehead atoms. The second-order valence-electron chi connectivity index (χ2n) is 8.12. The molecule has 0 saturated carbocycles. The van der Waals surface area contributed by atoms with Gasteiger partial charge in [0.1, 0.15) is 5.69 Å². The summed E-state index contributed by atoms with van der Waals surface area (Å²) in [7, 11) is 0. The van der Waals surface area contributed by atoms with Crippen LogP contribution in [0, 0.1) is 5.92 Å². The Labute approximate surface area is 200 Å². The van der Waals surface area contributed by atoms with E-state index in [1.807, 2.05) is 6.07 Å². The van der Waals surface area contributed by atoms with Crippen molar-refractivity contribution in [2.24, 2.45) is 5.92 Å². The van der Waals surface area contributed by atoms with Crippen LogP contribution < -0.4 is 11.1 Å². The van der Waals surface area contributed by atoms with Gasteiger partial charge >= 0.3 is 11.9 Å². The summed E-state index contributed by atoms with van der Waals surface area (Å²) in [5.41, 5.74) is 9.21. The molecule has 4 rings (SSSR count). The number of anilines is 2. The molecule has 3 aromatic rings. The van der Waals surface area contributed by atoms with Gasteiger partial charge in [-0.3, -0.25) is 9.59 Å². The molecule has 8 nitrogen and oxygen atoms in total. The number of nitrogen functional groups attached to an aromatic ring is 1. The first kappa shape index (κ1) is 24.4. The van der Waals surface area contributed by atoms with E-state index in [0.717, 1.165) is 10.9 Å². The lowest BCUT2D eigenvalue weighted by molar-refractivity contribution is -0.136. The average Bonchev–Trinajstić information content (AvgIpc) is 3.10. The van der Waals surface area contributed by atoms with Gasteiger partial charge in [-0.05, 0) is 65.8 Å². The number of aromatic nitrogens is 1. The second-order valence-corrected chi connectivity index (χ2v) is 8.55. The Kier molecular flexibility index (Phi) is 6.90.